The average molecular weight is 356 g/mol. The van der Waals surface area contributed by atoms with Crippen molar-refractivity contribution < 1.29 is 9.59 Å². The van der Waals surface area contributed by atoms with E-state index in [4.69, 9.17) is 23.2 Å². The number of amides is 2. The van der Waals surface area contributed by atoms with Crippen LogP contribution in [0.15, 0.2) is 40.6 Å². The maximum absolute atomic E-state index is 12.4. The molecule has 21 heavy (non-hydrogen) atoms. The molecule has 0 atom stereocenters. The Balaban J connectivity index is 1.95. The first kappa shape index (κ1) is 14.7. The molecule has 3 rings (SSSR count). The molecule has 2 heterocycles. The summed E-state index contributed by atoms with van der Waals surface area (Å²) in [5.41, 5.74) is 0.418. The topological polar surface area (TPSA) is 37.4 Å². The number of imide groups is 1. The number of hydrogen-bond donors (Lipinski definition) is 0. The molecule has 0 radical (unpaired) electrons. The Morgan fingerprint density at radius 3 is 2.57 bits per heavy atom. The van der Waals surface area contributed by atoms with Crippen molar-refractivity contribution in [2.24, 2.45) is 0 Å². The third-order valence-corrected chi connectivity index (χ3v) is 5.20. The van der Waals surface area contributed by atoms with E-state index in [-0.39, 0.29) is 11.1 Å². The van der Waals surface area contributed by atoms with E-state index in [0.29, 0.717) is 20.6 Å². The highest BCUT2D eigenvalue weighted by Gasteiger charge is 2.36. The van der Waals surface area contributed by atoms with Crippen LogP contribution < -0.4 is 4.90 Å². The van der Waals surface area contributed by atoms with Crippen molar-refractivity contribution in [3.05, 3.63) is 55.5 Å². The van der Waals surface area contributed by atoms with Gasteiger partial charge in [0, 0.05) is 4.88 Å². The molecular weight excluding hydrogens is 349 g/mol. The molecule has 0 N–H and O–H groups in total. The fraction of sp³-hybridized carbons (Fsp3) is 0. The number of rotatable bonds is 2. The van der Waals surface area contributed by atoms with Gasteiger partial charge < -0.3 is 0 Å². The number of thioether (sulfide) groups is 1. The number of anilines is 1. The SMILES string of the molecule is O=C1SC(=Cc2cccs2)C(=O)N1c1ccc(Cl)c(Cl)c1. The summed E-state index contributed by atoms with van der Waals surface area (Å²) in [6.07, 6.45) is 1.72. The average Bonchev–Trinajstić information content (AvgIpc) is 3.03. The highest BCUT2D eigenvalue weighted by Crippen LogP contribution is 2.37. The first-order chi connectivity index (χ1) is 10.1. The van der Waals surface area contributed by atoms with Gasteiger partial charge in [-0.3, -0.25) is 9.59 Å². The van der Waals surface area contributed by atoms with E-state index in [1.165, 1.54) is 17.4 Å². The molecule has 0 bridgehead atoms. The van der Waals surface area contributed by atoms with Crippen LogP contribution in [0.3, 0.4) is 0 Å². The Kier molecular flexibility index (Phi) is 4.08. The van der Waals surface area contributed by atoms with Crippen LogP contribution in [0.1, 0.15) is 4.88 Å². The Bertz CT molecular complexity index is 756. The summed E-state index contributed by atoms with van der Waals surface area (Å²) in [4.78, 5) is 26.9. The zero-order valence-corrected chi connectivity index (χ0v) is 13.5. The van der Waals surface area contributed by atoms with Gasteiger partial charge in [-0.25, -0.2) is 4.90 Å². The third-order valence-electron chi connectivity index (χ3n) is 2.77. The number of nitrogens with zero attached hydrogens (tertiary/aromatic N) is 1. The predicted molar refractivity (Wildman–Crippen MR) is 89.2 cm³/mol. The van der Waals surface area contributed by atoms with Crippen molar-refractivity contribution in [3.8, 4) is 0 Å². The van der Waals surface area contributed by atoms with Gasteiger partial charge in [-0.15, -0.1) is 11.3 Å². The minimum Gasteiger partial charge on any atom is -0.268 e. The summed E-state index contributed by atoms with van der Waals surface area (Å²) in [5.74, 6) is -0.350. The molecule has 1 aromatic carbocycles. The fourth-order valence-electron chi connectivity index (χ4n) is 1.82. The molecule has 106 valence electrons. The lowest BCUT2D eigenvalue weighted by Gasteiger charge is -2.12. The lowest BCUT2D eigenvalue weighted by molar-refractivity contribution is -0.113. The third kappa shape index (κ3) is 2.87. The number of benzene rings is 1. The molecule has 1 fully saturated rings. The number of halogens is 2. The van der Waals surface area contributed by atoms with Crippen LogP contribution in [0.4, 0.5) is 10.5 Å². The van der Waals surface area contributed by atoms with Crippen LogP contribution in [0.25, 0.3) is 6.08 Å². The van der Waals surface area contributed by atoms with Gasteiger partial charge in [0.2, 0.25) is 0 Å². The molecule has 0 unspecified atom stereocenters. The lowest BCUT2D eigenvalue weighted by atomic mass is 10.3. The number of carbonyl (C=O) groups is 2. The van der Waals surface area contributed by atoms with Crippen molar-refractivity contribution in [1.29, 1.82) is 0 Å². The van der Waals surface area contributed by atoms with E-state index in [9.17, 15) is 9.59 Å². The standard InChI is InChI=1S/C14H7Cl2NO2S2/c15-10-4-3-8(6-11(10)16)17-13(18)12(21-14(17)19)7-9-2-1-5-20-9/h1-7H. The van der Waals surface area contributed by atoms with Gasteiger partial charge in [-0.2, -0.15) is 0 Å². The van der Waals surface area contributed by atoms with E-state index in [0.717, 1.165) is 21.5 Å². The zero-order valence-electron chi connectivity index (χ0n) is 10.4. The van der Waals surface area contributed by atoms with Crippen molar-refractivity contribution >= 4 is 69.2 Å². The minimum absolute atomic E-state index is 0.301. The molecule has 2 amide bonds. The molecule has 0 aliphatic carbocycles. The van der Waals surface area contributed by atoms with Crippen LogP contribution in [-0.4, -0.2) is 11.1 Å². The summed E-state index contributed by atoms with van der Waals surface area (Å²) in [6.45, 7) is 0. The molecule has 1 aliphatic rings. The van der Waals surface area contributed by atoms with Crippen LogP contribution in [0.2, 0.25) is 10.0 Å². The quantitative estimate of drug-likeness (QED) is 0.686. The number of carbonyl (C=O) groups excluding carboxylic acids is 2. The zero-order chi connectivity index (χ0) is 15.0. The Hall–Kier alpha value is -1.27. The summed E-state index contributed by atoms with van der Waals surface area (Å²) in [6, 6.07) is 8.44. The van der Waals surface area contributed by atoms with Crippen LogP contribution >= 0.6 is 46.3 Å². The second kappa shape index (κ2) is 5.85. The molecule has 2 aromatic rings. The van der Waals surface area contributed by atoms with E-state index in [1.54, 1.807) is 18.2 Å². The maximum atomic E-state index is 12.4. The predicted octanol–water partition coefficient (Wildman–Crippen LogP) is 5.30. The molecule has 0 spiro atoms. The van der Waals surface area contributed by atoms with E-state index in [1.807, 2.05) is 17.5 Å². The summed E-state index contributed by atoms with van der Waals surface area (Å²) in [7, 11) is 0. The van der Waals surface area contributed by atoms with Gasteiger partial charge in [0.1, 0.15) is 0 Å². The molecule has 1 saturated heterocycles. The lowest BCUT2D eigenvalue weighted by Crippen LogP contribution is -2.27. The van der Waals surface area contributed by atoms with E-state index < -0.39 is 0 Å². The smallest absolute Gasteiger partial charge is 0.268 e. The van der Waals surface area contributed by atoms with Gasteiger partial charge in [0.15, 0.2) is 0 Å². The van der Waals surface area contributed by atoms with Crippen molar-refractivity contribution in [1.82, 2.24) is 0 Å². The molecule has 1 aromatic heterocycles. The van der Waals surface area contributed by atoms with E-state index in [2.05, 4.69) is 0 Å². The molecular formula is C14H7Cl2NO2S2. The monoisotopic (exact) mass is 355 g/mol. The minimum atomic E-state index is -0.350. The van der Waals surface area contributed by atoms with Gasteiger partial charge >= 0.3 is 0 Å². The summed E-state index contributed by atoms with van der Waals surface area (Å²) < 4.78 is 0. The molecule has 1 aliphatic heterocycles. The second-order valence-electron chi connectivity index (χ2n) is 4.13. The second-order valence-corrected chi connectivity index (χ2v) is 6.92. The molecule has 7 heteroatoms. The van der Waals surface area contributed by atoms with Crippen LogP contribution in [0.5, 0.6) is 0 Å². The van der Waals surface area contributed by atoms with Crippen molar-refractivity contribution in [3.63, 3.8) is 0 Å². The first-order valence-corrected chi connectivity index (χ1v) is 8.28. The van der Waals surface area contributed by atoms with Crippen LogP contribution in [-0.2, 0) is 4.79 Å². The largest absolute Gasteiger partial charge is 0.298 e. The number of thiophene rings is 1. The number of hydrogen-bond acceptors (Lipinski definition) is 4. The Morgan fingerprint density at radius 2 is 1.90 bits per heavy atom. The van der Waals surface area contributed by atoms with Gasteiger partial charge in [-0.05, 0) is 47.5 Å². The highest BCUT2D eigenvalue weighted by atomic mass is 35.5. The van der Waals surface area contributed by atoms with Gasteiger partial charge in [0.25, 0.3) is 11.1 Å². The first-order valence-electron chi connectivity index (χ1n) is 5.83. The van der Waals surface area contributed by atoms with Crippen LogP contribution in [0, 0.1) is 0 Å². The summed E-state index contributed by atoms with van der Waals surface area (Å²) >= 11 is 14.2. The van der Waals surface area contributed by atoms with Crippen molar-refractivity contribution in [2.45, 2.75) is 0 Å². The highest BCUT2D eigenvalue weighted by molar-refractivity contribution is 8.19. The van der Waals surface area contributed by atoms with Gasteiger partial charge in [-0.1, -0.05) is 29.3 Å². The summed E-state index contributed by atoms with van der Waals surface area (Å²) in [5, 5.41) is 2.24. The Morgan fingerprint density at radius 1 is 1.10 bits per heavy atom. The molecule has 0 saturated carbocycles. The normalized spacial score (nSPS) is 17.0. The Labute approximate surface area is 139 Å². The molecule has 3 nitrogen and oxygen atoms in total. The van der Waals surface area contributed by atoms with Gasteiger partial charge in [0.05, 0.1) is 20.6 Å². The van der Waals surface area contributed by atoms with Crippen molar-refractivity contribution in [2.75, 3.05) is 4.90 Å². The van der Waals surface area contributed by atoms with E-state index >= 15 is 0 Å². The fourth-order valence-corrected chi connectivity index (χ4v) is 3.67. The maximum Gasteiger partial charge on any atom is 0.298 e.